The van der Waals surface area contributed by atoms with E-state index in [1.54, 1.807) is 0 Å². The molecular formula is C10H13F3N2O2S. The standard InChI is InChI=1S/C10H13F3N2O2S/c1-6(2)18(16,17)15-9-4-3-7(14)5-8(9)10(11,12)13/h3-6,15H,14H2,1-2H3. The maximum absolute atomic E-state index is 12.7. The van der Waals surface area contributed by atoms with Gasteiger partial charge in [-0.2, -0.15) is 13.2 Å². The molecule has 0 saturated heterocycles. The Bertz CT molecular complexity index is 539. The molecule has 102 valence electrons. The van der Waals surface area contributed by atoms with Gasteiger partial charge in [0.2, 0.25) is 10.0 Å². The Kier molecular flexibility index (Phi) is 3.80. The lowest BCUT2D eigenvalue weighted by molar-refractivity contribution is -0.136. The predicted octanol–water partition coefficient (Wildman–Crippen LogP) is 2.44. The summed E-state index contributed by atoms with van der Waals surface area (Å²) in [7, 11) is -3.84. The predicted molar refractivity (Wildman–Crippen MR) is 63.5 cm³/mol. The van der Waals surface area contributed by atoms with Crippen LogP contribution >= 0.6 is 0 Å². The van der Waals surface area contributed by atoms with Crippen LogP contribution in [0.4, 0.5) is 24.5 Å². The molecular weight excluding hydrogens is 269 g/mol. The van der Waals surface area contributed by atoms with E-state index in [4.69, 9.17) is 5.73 Å². The number of halogens is 3. The van der Waals surface area contributed by atoms with Gasteiger partial charge in [-0.3, -0.25) is 4.72 Å². The molecule has 0 aliphatic carbocycles. The van der Waals surface area contributed by atoms with Crippen molar-refractivity contribution in [3.8, 4) is 0 Å². The number of anilines is 2. The van der Waals surface area contributed by atoms with Crippen LogP contribution in [0.25, 0.3) is 0 Å². The molecule has 1 aromatic rings. The summed E-state index contributed by atoms with van der Waals surface area (Å²) in [6.07, 6.45) is -4.68. The minimum absolute atomic E-state index is 0.0881. The minimum atomic E-state index is -4.68. The van der Waals surface area contributed by atoms with Crippen LogP contribution in [0.3, 0.4) is 0 Å². The zero-order valence-electron chi connectivity index (χ0n) is 9.75. The molecule has 0 aromatic heterocycles. The molecule has 0 atom stereocenters. The van der Waals surface area contributed by atoms with Gasteiger partial charge in [0, 0.05) is 5.69 Å². The monoisotopic (exact) mass is 282 g/mol. The smallest absolute Gasteiger partial charge is 0.399 e. The molecule has 1 aromatic carbocycles. The van der Waals surface area contributed by atoms with Crippen molar-refractivity contribution in [1.29, 1.82) is 0 Å². The number of nitrogens with two attached hydrogens (primary N) is 1. The van der Waals surface area contributed by atoms with Crippen molar-refractivity contribution in [3.05, 3.63) is 23.8 Å². The molecule has 0 amide bonds. The number of nitrogens with one attached hydrogen (secondary N) is 1. The molecule has 18 heavy (non-hydrogen) atoms. The van der Waals surface area contributed by atoms with Crippen molar-refractivity contribution in [2.45, 2.75) is 25.3 Å². The van der Waals surface area contributed by atoms with Crippen LogP contribution in [0.1, 0.15) is 19.4 Å². The van der Waals surface area contributed by atoms with Crippen molar-refractivity contribution in [1.82, 2.24) is 0 Å². The second kappa shape index (κ2) is 4.68. The lowest BCUT2D eigenvalue weighted by Gasteiger charge is -2.16. The molecule has 0 unspecified atom stereocenters. The zero-order valence-corrected chi connectivity index (χ0v) is 10.6. The van der Waals surface area contributed by atoms with Gasteiger partial charge in [0.05, 0.1) is 16.5 Å². The summed E-state index contributed by atoms with van der Waals surface area (Å²) in [6.45, 7) is 2.74. The number of rotatable bonds is 3. The summed E-state index contributed by atoms with van der Waals surface area (Å²) in [5.41, 5.74) is 3.55. The number of alkyl halides is 3. The lowest BCUT2D eigenvalue weighted by Crippen LogP contribution is -2.24. The second-order valence-electron chi connectivity index (χ2n) is 4.00. The second-order valence-corrected chi connectivity index (χ2v) is 6.24. The fourth-order valence-electron chi connectivity index (χ4n) is 1.16. The normalized spacial score (nSPS) is 12.8. The van der Waals surface area contributed by atoms with E-state index in [0.29, 0.717) is 6.07 Å². The van der Waals surface area contributed by atoms with Crippen molar-refractivity contribution < 1.29 is 21.6 Å². The first-order chi connectivity index (χ1) is 8.04. The fourth-order valence-corrected chi connectivity index (χ4v) is 1.88. The number of sulfonamides is 1. The van der Waals surface area contributed by atoms with E-state index in [0.717, 1.165) is 6.07 Å². The van der Waals surface area contributed by atoms with Crippen LogP contribution < -0.4 is 10.5 Å². The zero-order chi connectivity index (χ0) is 14.1. The third-order valence-corrected chi connectivity index (χ3v) is 3.97. The summed E-state index contributed by atoms with van der Waals surface area (Å²) >= 11 is 0. The van der Waals surface area contributed by atoms with Crippen molar-refractivity contribution >= 4 is 21.4 Å². The van der Waals surface area contributed by atoms with Crippen molar-refractivity contribution in [2.24, 2.45) is 0 Å². The highest BCUT2D eigenvalue weighted by Gasteiger charge is 2.35. The first kappa shape index (κ1) is 14.6. The highest BCUT2D eigenvalue weighted by molar-refractivity contribution is 7.93. The third-order valence-electron chi connectivity index (χ3n) is 2.22. The molecule has 0 fully saturated rings. The van der Waals surface area contributed by atoms with Gasteiger partial charge in [0.15, 0.2) is 0 Å². The largest absolute Gasteiger partial charge is 0.418 e. The van der Waals surface area contributed by atoms with Crippen LogP contribution in [-0.4, -0.2) is 13.7 Å². The highest BCUT2D eigenvalue weighted by Crippen LogP contribution is 2.36. The molecule has 8 heteroatoms. The summed E-state index contributed by atoms with van der Waals surface area (Å²) in [6, 6.07) is 2.89. The highest BCUT2D eigenvalue weighted by atomic mass is 32.2. The molecule has 0 radical (unpaired) electrons. The Morgan fingerprint density at radius 3 is 2.28 bits per heavy atom. The third kappa shape index (κ3) is 3.28. The average molecular weight is 282 g/mol. The van der Waals surface area contributed by atoms with Gasteiger partial charge in [0.1, 0.15) is 0 Å². The van der Waals surface area contributed by atoms with Gasteiger partial charge in [-0.15, -0.1) is 0 Å². The topological polar surface area (TPSA) is 72.2 Å². The van der Waals surface area contributed by atoms with Crippen molar-refractivity contribution in [2.75, 3.05) is 10.5 Å². The van der Waals surface area contributed by atoms with E-state index >= 15 is 0 Å². The summed E-state index contributed by atoms with van der Waals surface area (Å²) in [5.74, 6) is 0. The average Bonchev–Trinajstić information content (AvgIpc) is 2.18. The molecule has 0 aliphatic heterocycles. The number of hydrogen-bond donors (Lipinski definition) is 2. The van der Waals surface area contributed by atoms with E-state index in [9.17, 15) is 21.6 Å². The first-order valence-electron chi connectivity index (χ1n) is 5.02. The number of hydrogen-bond acceptors (Lipinski definition) is 3. The quantitative estimate of drug-likeness (QED) is 0.836. The maximum Gasteiger partial charge on any atom is 0.418 e. The van der Waals surface area contributed by atoms with Crippen LogP contribution in [0, 0.1) is 0 Å². The van der Waals surface area contributed by atoms with Gasteiger partial charge in [-0.1, -0.05) is 0 Å². The fraction of sp³-hybridized carbons (Fsp3) is 0.400. The van der Waals surface area contributed by atoms with Gasteiger partial charge < -0.3 is 5.73 Å². The SMILES string of the molecule is CC(C)S(=O)(=O)Nc1ccc(N)cc1C(F)(F)F. The summed E-state index contributed by atoms with van der Waals surface area (Å²) in [5, 5.41) is -0.837. The minimum Gasteiger partial charge on any atom is -0.399 e. The molecule has 0 bridgehead atoms. The molecule has 0 heterocycles. The van der Waals surface area contributed by atoms with Gasteiger partial charge >= 0.3 is 6.18 Å². The molecule has 0 aliphatic rings. The number of benzene rings is 1. The Balaban J connectivity index is 3.27. The Hall–Kier alpha value is -1.44. The molecule has 3 N–H and O–H groups in total. The van der Waals surface area contributed by atoms with E-state index in [-0.39, 0.29) is 5.69 Å². The lowest BCUT2D eigenvalue weighted by atomic mass is 10.1. The maximum atomic E-state index is 12.7. The van der Waals surface area contributed by atoms with Crippen molar-refractivity contribution in [3.63, 3.8) is 0 Å². The number of nitrogen functional groups attached to an aromatic ring is 1. The van der Waals surface area contributed by atoms with Crippen LogP contribution in [-0.2, 0) is 16.2 Å². The Labute approximate surface area is 103 Å². The Morgan fingerprint density at radius 1 is 1.28 bits per heavy atom. The summed E-state index contributed by atoms with van der Waals surface area (Å²) in [4.78, 5) is 0. The van der Waals surface area contributed by atoms with Gasteiger partial charge in [0.25, 0.3) is 0 Å². The van der Waals surface area contributed by atoms with Gasteiger partial charge in [-0.25, -0.2) is 8.42 Å². The van der Waals surface area contributed by atoms with E-state index in [1.165, 1.54) is 19.9 Å². The van der Waals surface area contributed by atoms with E-state index < -0.39 is 32.7 Å². The van der Waals surface area contributed by atoms with E-state index in [1.807, 2.05) is 4.72 Å². The van der Waals surface area contributed by atoms with Crippen LogP contribution in [0.15, 0.2) is 18.2 Å². The van der Waals surface area contributed by atoms with E-state index in [2.05, 4.69) is 0 Å². The first-order valence-corrected chi connectivity index (χ1v) is 6.57. The van der Waals surface area contributed by atoms with Crippen LogP contribution in [0.5, 0.6) is 0 Å². The molecule has 0 saturated carbocycles. The van der Waals surface area contributed by atoms with Crippen LogP contribution in [0.2, 0.25) is 0 Å². The molecule has 0 spiro atoms. The summed E-state index contributed by atoms with van der Waals surface area (Å²) < 4.78 is 63.2. The molecule has 1 rings (SSSR count). The van der Waals surface area contributed by atoms with Gasteiger partial charge in [-0.05, 0) is 32.0 Å². The molecule has 4 nitrogen and oxygen atoms in total. The Morgan fingerprint density at radius 2 is 1.83 bits per heavy atom.